The molecule has 0 amide bonds. The van der Waals surface area contributed by atoms with Crippen LogP contribution in [0.4, 0.5) is 42.9 Å². The third kappa shape index (κ3) is 4.57. The lowest BCUT2D eigenvalue weighted by Crippen LogP contribution is -2.12. The average molecular weight is 589 g/mol. The van der Waals surface area contributed by atoms with E-state index < -0.39 is 0 Å². The lowest BCUT2D eigenvalue weighted by molar-refractivity contribution is 0.628. The van der Waals surface area contributed by atoms with Crippen LogP contribution in [0, 0.1) is 11.6 Å². The van der Waals surface area contributed by atoms with Crippen molar-refractivity contribution >= 4 is 66.8 Å². The SMILES string of the molecule is Fc1ccccc1N(c1ccccc1)c1ccc2c(c1)oc1cc(N(c3ccccc3)c3ccccc3F)c3ccccc3c12. The topological polar surface area (TPSA) is 19.6 Å². The van der Waals surface area contributed by atoms with Crippen LogP contribution in [0.15, 0.2) is 162 Å². The van der Waals surface area contributed by atoms with Crippen molar-refractivity contribution in [2.45, 2.75) is 0 Å². The molecule has 1 heterocycles. The largest absolute Gasteiger partial charge is 0.456 e. The number of nitrogens with zero attached hydrogens (tertiary/aromatic N) is 2. The molecule has 0 atom stereocenters. The number of rotatable bonds is 6. The number of anilines is 6. The predicted molar refractivity (Wildman–Crippen MR) is 181 cm³/mol. The van der Waals surface area contributed by atoms with Crippen molar-refractivity contribution in [2.24, 2.45) is 0 Å². The Morgan fingerprint density at radius 2 is 0.911 bits per heavy atom. The molecule has 0 bridgehead atoms. The van der Waals surface area contributed by atoms with E-state index in [-0.39, 0.29) is 11.6 Å². The normalized spacial score (nSPS) is 11.3. The summed E-state index contributed by atoms with van der Waals surface area (Å²) in [6.45, 7) is 0. The number of hydrogen-bond donors (Lipinski definition) is 0. The summed E-state index contributed by atoms with van der Waals surface area (Å²) in [5, 5.41) is 3.86. The Balaban J connectivity index is 1.37. The monoisotopic (exact) mass is 588 g/mol. The fourth-order valence-electron chi connectivity index (χ4n) is 6.19. The summed E-state index contributed by atoms with van der Waals surface area (Å²) in [7, 11) is 0. The summed E-state index contributed by atoms with van der Waals surface area (Å²) in [5.74, 6) is -0.648. The van der Waals surface area contributed by atoms with Crippen molar-refractivity contribution in [1.82, 2.24) is 0 Å². The second-order valence-corrected chi connectivity index (χ2v) is 10.8. The van der Waals surface area contributed by atoms with E-state index in [1.54, 1.807) is 24.3 Å². The van der Waals surface area contributed by atoms with Gasteiger partial charge < -0.3 is 14.2 Å². The Bertz CT molecular complexity index is 2320. The van der Waals surface area contributed by atoms with Gasteiger partial charge in [-0.25, -0.2) is 8.78 Å². The predicted octanol–water partition coefficient (Wildman–Crippen LogP) is 12.0. The van der Waals surface area contributed by atoms with Crippen LogP contribution in [0.3, 0.4) is 0 Å². The van der Waals surface area contributed by atoms with Gasteiger partial charge in [-0.15, -0.1) is 0 Å². The molecule has 8 aromatic rings. The van der Waals surface area contributed by atoms with Gasteiger partial charge in [0.25, 0.3) is 0 Å². The van der Waals surface area contributed by atoms with Crippen LogP contribution < -0.4 is 9.80 Å². The molecule has 0 N–H and O–H groups in total. The minimum Gasteiger partial charge on any atom is -0.456 e. The molecule has 0 radical (unpaired) electrons. The third-order valence-electron chi connectivity index (χ3n) is 8.16. The summed E-state index contributed by atoms with van der Waals surface area (Å²) in [6.07, 6.45) is 0. The fourth-order valence-corrected chi connectivity index (χ4v) is 6.19. The number of fused-ring (bicyclic) bond motifs is 5. The first kappa shape index (κ1) is 26.7. The molecule has 7 aromatic carbocycles. The summed E-state index contributed by atoms with van der Waals surface area (Å²) in [6, 6.07) is 49.1. The van der Waals surface area contributed by atoms with Crippen LogP contribution in [-0.2, 0) is 0 Å². The fraction of sp³-hybridized carbons (Fsp3) is 0. The average Bonchev–Trinajstić information content (AvgIpc) is 3.46. The molecule has 0 saturated heterocycles. The molecule has 45 heavy (non-hydrogen) atoms. The van der Waals surface area contributed by atoms with Gasteiger partial charge in [-0.2, -0.15) is 0 Å². The molecule has 1 aromatic heterocycles. The van der Waals surface area contributed by atoms with Crippen molar-refractivity contribution in [2.75, 3.05) is 9.80 Å². The number of para-hydroxylation sites is 4. The number of hydrogen-bond acceptors (Lipinski definition) is 3. The second kappa shape index (κ2) is 11.0. The lowest BCUT2D eigenvalue weighted by atomic mass is 10.0. The Morgan fingerprint density at radius 1 is 0.378 bits per heavy atom. The number of furan rings is 1. The van der Waals surface area contributed by atoms with Gasteiger partial charge in [-0.05, 0) is 66.0 Å². The minimum absolute atomic E-state index is 0.323. The molecular weight excluding hydrogens is 562 g/mol. The van der Waals surface area contributed by atoms with Crippen LogP contribution in [0.5, 0.6) is 0 Å². The maximum Gasteiger partial charge on any atom is 0.147 e. The van der Waals surface area contributed by atoms with Crippen molar-refractivity contribution in [3.8, 4) is 0 Å². The first-order valence-electron chi connectivity index (χ1n) is 14.7. The Labute approximate surface area is 258 Å². The molecule has 0 aliphatic heterocycles. The Morgan fingerprint density at radius 3 is 1.56 bits per heavy atom. The Hall–Kier alpha value is -5.94. The van der Waals surface area contributed by atoms with Crippen LogP contribution >= 0.6 is 0 Å². The van der Waals surface area contributed by atoms with Crippen LogP contribution in [0.25, 0.3) is 32.7 Å². The number of benzene rings is 7. The van der Waals surface area contributed by atoms with Crippen molar-refractivity contribution in [3.63, 3.8) is 0 Å². The van der Waals surface area contributed by atoms with Crippen molar-refractivity contribution in [1.29, 1.82) is 0 Å². The van der Waals surface area contributed by atoms with Gasteiger partial charge in [0.15, 0.2) is 0 Å². The van der Waals surface area contributed by atoms with E-state index in [9.17, 15) is 0 Å². The summed E-state index contributed by atoms with van der Waals surface area (Å²) in [5.41, 5.74) is 5.43. The van der Waals surface area contributed by atoms with Crippen molar-refractivity contribution in [3.05, 3.63) is 169 Å². The van der Waals surface area contributed by atoms with Crippen LogP contribution in [0.2, 0.25) is 0 Å². The van der Waals surface area contributed by atoms with Gasteiger partial charge in [-0.3, -0.25) is 0 Å². The van der Waals surface area contributed by atoms with E-state index in [1.807, 2.05) is 119 Å². The highest BCUT2D eigenvalue weighted by molar-refractivity contribution is 6.22. The molecule has 0 aliphatic rings. The quantitative estimate of drug-likeness (QED) is 0.193. The van der Waals surface area contributed by atoms with Gasteiger partial charge >= 0.3 is 0 Å². The van der Waals surface area contributed by atoms with Gasteiger partial charge in [0.2, 0.25) is 0 Å². The standard InChI is InChI=1S/C40H26F2N2O/c41-33-19-9-11-21-35(33)43(27-13-3-1-4-14-27)29-23-24-32-38(25-29)45-39-26-37(30-17-7-8-18-31(30)40(32)39)44(28-15-5-2-6-16-28)36-22-12-10-20-34(36)42/h1-26H. The highest BCUT2D eigenvalue weighted by Crippen LogP contribution is 2.46. The molecule has 0 spiro atoms. The summed E-state index contributed by atoms with van der Waals surface area (Å²) >= 11 is 0. The first-order chi connectivity index (χ1) is 22.2. The third-order valence-corrected chi connectivity index (χ3v) is 8.16. The maximum absolute atomic E-state index is 15.4. The molecule has 0 aliphatic carbocycles. The molecule has 5 heteroatoms. The maximum atomic E-state index is 15.4. The van der Waals surface area contributed by atoms with Gasteiger partial charge in [0, 0.05) is 45.4 Å². The zero-order valence-electron chi connectivity index (χ0n) is 24.1. The van der Waals surface area contributed by atoms with E-state index in [4.69, 9.17) is 4.42 Å². The van der Waals surface area contributed by atoms with Crippen LogP contribution in [0.1, 0.15) is 0 Å². The first-order valence-corrected chi connectivity index (χ1v) is 14.7. The molecule has 0 saturated carbocycles. The highest BCUT2D eigenvalue weighted by Gasteiger charge is 2.23. The summed E-state index contributed by atoms with van der Waals surface area (Å²) in [4.78, 5) is 3.83. The molecule has 216 valence electrons. The van der Waals surface area contributed by atoms with E-state index in [2.05, 4.69) is 12.1 Å². The molecule has 0 unspecified atom stereocenters. The molecule has 0 fully saturated rings. The zero-order chi connectivity index (χ0) is 30.3. The van der Waals surface area contributed by atoms with Crippen LogP contribution in [-0.4, -0.2) is 0 Å². The van der Waals surface area contributed by atoms with Gasteiger partial charge in [0.05, 0.1) is 17.1 Å². The molecular formula is C40H26F2N2O. The Kier molecular flexibility index (Phi) is 6.50. The molecule has 8 rings (SSSR count). The van der Waals surface area contributed by atoms with E-state index in [0.29, 0.717) is 22.5 Å². The van der Waals surface area contributed by atoms with E-state index in [1.165, 1.54) is 12.1 Å². The minimum atomic E-state index is -0.325. The smallest absolute Gasteiger partial charge is 0.147 e. The highest BCUT2D eigenvalue weighted by atomic mass is 19.1. The lowest BCUT2D eigenvalue weighted by Gasteiger charge is -2.27. The van der Waals surface area contributed by atoms with Gasteiger partial charge in [-0.1, -0.05) is 84.9 Å². The van der Waals surface area contributed by atoms with Gasteiger partial charge in [0.1, 0.15) is 22.8 Å². The number of halogens is 2. The van der Waals surface area contributed by atoms with E-state index in [0.717, 1.165) is 44.3 Å². The molecule has 3 nitrogen and oxygen atoms in total. The summed E-state index contributed by atoms with van der Waals surface area (Å²) < 4.78 is 37.2. The van der Waals surface area contributed by atoms with E-state index >= 15 is 8.78 Å². The zero-order valence-corrected chi connectivity index (χ0v) is 24.1. The second-order valence-electron chi connectivity index (χ2n) is 10.8. The van der Waals surface area contributed by atoms with Crippen molar-refractivity contribution < 1.29 is 13.2 Å².